The number of phenolic OH excluding ortho intramolecular Hbond substituents is 1. The number of nitrogens with two attached hydrogens (primary N) is 1. The zero-order chi connectivity index (χ0) is 12.8. The van der Waals surface area contributed by atoms with Crippen molar-refractivity contribution in [1.29, 1.82) is 0 Å². The number of carboxylic acid groups (broad SMARTS) is 1. The van der Waals surface area contributed by atoms with Crippen molar-refractivity contribution < 1.29 is 19.7 Å². The van der Waals surface area contributed by atoms with E-state index in [0.717, 1.165) is 5.56 Å². The van der Waals surface area contributed by atoms with Crippen LogP contribution in [0.15, 0.2) is 18.2 Å². The van der Waals surface area contributed by atoms with Crippen molar-refractivity contribution in [3.05, 3.63) is 23.8 Å². The number of benzene rings is 1. The zero-order valence-electron chi connectivity index (χ0n) is 9.72. The van der Waals surface area contributed by atoms with Gasteiger partial charge in [-0.05, 0) is 30.5 Å². The highest BCUT2D eigenvalue weighted by Crippen LogP contribution is 2.27. The smallest absolute Gasteiger partial charge is 0.307 e. The number of hydrogen-bond donors (Lipinski definition) is 3. The van der Waals surface area contributed by atoms with Gasteiger partial charge in [-0.2, -0.15) is 0 Å². The summed E-state index contributed by atoms with van der Waals surface area (Å²) in [5.74, 6) is -0.944. The predicted octanol–water partition coefficient (Wildman–Crippen LogP) is 0.993. The lowest BCUT2D eigenvalue weighted by Crippen LogP contribution is -2.23. The average Bonchev–Trinajstić information content (AvgIpc) is 2.31. The Morgan fingerprint density at radius 3 is 2.76 bits per heavy atom. The number of methoxy groups -OCH3 is 1. The summed E-state index contributed by atoms with van der Waals surface area (Å²) in [6, 6.07) is 4.98. The molecule has 0 aliphatic heterocycles. The molecule has 1 atom stereocenters. The number of aliphatic carboxylic acids is 1. The van der Waals surface area contributed by atoms with Crippen LogP contribution in [0, 0.1) is 5.92 Å². The third-order valence-electron chi connectivity index (χ3n) is 2.66. The van der Waals surface area contributed by atoms with Gasteiger partial charge in [-0.15, -0.1) is 0 Å². The maximum absolute atomic E-state index is 10.8. The lowest BCUT2D eigenvalue weighted by atomic mass is 9.99. The Hall–Kier alpha value is -1.75. The number of rotatable bonds is 6. The number of phenols is 1. The largest absolute Gasteiger partial charge is 0.504 e. The summed E-state index contributed by atoms with van der Waals surface area (Å²) >= 11 is 0. The van der Waals surface area contributed by atoms with Crippen molar-refractivity contribution in [2.24, 2.45) is 11.7 Å². The first-order valence-corrected chi connectivity index (χ1v) is 5.37. The Morgan fingerprint density at radius 1 is 1.53 bits per heavy atom. The van der Waals surface area contributed by atoms with Gasteiger partial charge in [0, 0.05) is 6.54 Å². The van der Waals surface area contributed by atoms with E-state index >= 15 is 0 Å². The lowest BCUT2D eigenvalue weighted by Gasteiger charge is -2.10. The van der Waals surface area contributed by atoms with Gasteiger partial charge in [-0.25, -0.2) is 0 Å². The molecule has 5 nitrogen and oxygen atoms in total. The summed E-state index contributed by atoms with van der Waals surface area (Å²) in [7, 11) is 1.47. The molecule has 0 aliphatic rings. The second-order valence-corrected chi connectivity index (χ2v) is 3.82. The highest BCUT2D eigenvalue weighted by atomic mass is 16.5. The SMILES string of the molecule is COc1cc(CCC(CN)C(=O)O)ccc1O. The lowest BCUT2D eigenvalue weighted by molar-refractivity contribution is -0.141. The highest BCUT2D eigenvalue weighted by Gasteiger charge is 2.15. The molecule has 1 aromatic carbocycles. The third kappa shape index (κ3) is 3.64. The van der Waals surface area contributed by atoms with Gasteiger partial charge < -0.3 is 20.7 Å². The quantitative estimate of drug-likeness (QED) is 0.688. The van der Waals surface area contributed by atoms with Crippen LogP contribution in [0.25, 0.3) is 0 Å². The van der Waals surface area contributed by atoms with E-state index < -0.39 is 11.9 Å². The molecule has 0 heterocycles. The number of ether oxygens (including phenoxy) is 1. The number of aromatic hydroxyl groups is 1. The molecule has 0 aliphatic carbocycles. The molecular formula is C12H17NO4. The van der Waals surface area contributed by atoms with Crippen LogP contribution < -0.4 is 10.5 Å². The van der Waals surface area contributed by atoms with Gasteiger partial charge in [0.15, 0.2) is 11.5 Å². The van der Waals surface area contributed by atoms with Crippen molar-refractivity contribution >= 4 is 5.97 Å². The molecule has 0 saturated heterocycles. The van der Waals surface area contributed by atoms with Crippen LogP contribution in [0.1, 0.15) is 12.0 Å². The van der Waals surface area contributed by atoms with Gasteiger partial charge in [0.25, 0.3) is 0 Å². The molecule has 0 spiro atoms. The molecule has 1 aromatic rings. The summed E-state index contributed by atoms with van der Waals surface area (Å²) in [5.41, 5.74) is 6.29. The van der Waals surface area contributed by atoms with Gasteiger partial charge in [0.2, 0.25) is 0 Å². The van der Waals surface area contributed by atoms with Crippen LogP contribution in [0.2, 0.25) is 0 Å². The Labute approximate surface area is 99.8 Å². The fraction of sp³-hybridized carbons (Fsp3) is 0.417. The van der Waals surface area contributed by atoms with Crippen LogP contribution in [0.3, 0.4) is 0 Å². The predicted molar refractivity (Wildman–Crippen MR) is 63.2 cm³/mol. The summed E-state index contributed by atoms with van der Waals surface area (Å²) in [6.07, 6.45) is 1.06. The molecule has 1 unspecified atom stereocenters. The molecule has 0 radical (unpaired) electrons. The molecule has 0 bridgehead atoms. The molecule has 94 valence electrons. The van der Waals surface area contributed by atoms with Crippen molar-refractivity contribution in [1.82, 2.24) is 0 Å². The number of aryl methyl sites for hydroxylation is 1. The molecule has 1 rings (SSSR count). The van der Waals surface area contributed by atoms with Crippen molar-refractivity contribution in [2.75, 3.05) is 13.7 Å². The summed E-state index contributed by atoms with van der Waals surface area (Å²) in [4.78, 5) is 10.8. The van der Waals surface area contributed by atoms with Gasteiger partial charge in [-0.1, -0.05) is 6.07 Å². The minimum atomic E-state index is -0.877. The van der Waals surface area contributed by atoms with Gasteiger partial charge in [0.05, 0.1) is 13.0 Å². The molecule has 0 aromatic heterocycles. The fourth-order valence-electron chi connectivity index (χ4n) is 1.56. The fourth-order valence-corrected chi connectivity index (χ4v) is 1.56. The number of carbonyl (C=O) groups is 1. The van der Waals surface area contributed by atoms with Crippen LogP contribution in [-0.2, 0) is 11.2 Å². The molecule has 0 saturated carbocycles. The topological polar surface area (TPSA) is 92.8 Å². The number of hydrogen-bond acceptors (Lipinski definition) is 4. The van der Waals surface area contributed by atoms with Crippen LogP contribution in [0.5, 0.6) is 11.5 Å². The maximum atomic E-state index is 10.8. The second-order valence-electron chi connectivity index (χ2n) is 3.82. The Balaban J connectivity index is 2.66. The van der Waals surface area contributed by atoms with Gasteiger partial charge >= 0.3 is 5.97 Å². The summed E-state index contributed by atoms with van der Waals surface area (Å²) in [6.45, 7) is 0.130. The molecule has 0 fully saturated rings. The average molecular weight is 239 g/mol. The molecule has 5 heteroatoms. The van der Waals surface area contributed by atoms with Gasteiger partial charge in [-0.3, -0.25) is 4.79 Å². The van der Waals surface area contributed by atoms with E-state index in [9.17, 15) is 9.90 Å². The Morgan fingerprint density at radius 2 is 2.24 bits per heavy atom. The molecule has 0 amide bonds. The van der Waals surface area contributed by atoms with Crippen molar-refractivity contribution in [2.45, 2.75) is 12.8 Å². The van der Waals surface area contributed by atoms with E-state index in [4.69, 9.17) is 15.6 Å². The molecular weight excluding hydrogens is 222 g/mol. The summed E-state index contributed by atoms with van der Waals surface area (Å²) < 4.78 is 4.98. The van der Waals surface area contributed by atoms with Crippen molar-refractivity contribution in [3.63, 3.8) is 0 Å². The number of carboxylic acids is 1. The van der Waals surface area contributed by atoms with E-state index in [1.54, 1.807) is 12.1 Å². The third-order valence-corrected chi connectivity index (χ3v) is 2.66. The van der Waals surface area contributed by atoms with Crippen LogP contribution in [0.4, 0.5) is 0 Å². The van der Waals surface area contributed by atoms with E-state index in [1.807, 2.05) is 0 Å². The van der Waals surface area contributed by atoms with Crippen molar-refractivity contribution in [3.8, 4) is 11.5 Å². The highest BCUT2D eigenvalue weighted by molar-refractivity contribution is 5.70. The first kappa shape index (κ1) is 13.3. The zero-order valence-corrected chi connectivity index (χ0v) is 9.72. The second kappa shape index (κ2) is 6.10. The first-order chi connectivity index (χ1) is 8.08. The summed E-state index contributed by atoms with van der Waals surface area (Å²) in [5, 5.41) is 18.3. The Kier molecular flexibility index (Phi) is 4.78. The van der Waals surface area contributed by atoms with E-state index in [1.165, 1.54) is 13.2 Å². The molecule has 4 N–H and O–H groups in total. The normalized spacial score (nSPS) is 12.1. The van der Waals surface area contributed by atoms with Gasteiger partial charge in [0.1, 0.15) is 0 Å². The molecule has 17 heavy (non-hydrogen) atoms. The minimum Gasteiger partial charge on any atom is -0.504 e. The minimum absolute atomic E-state index is 0.0739. The first-order valence-electron chi connectivity index (χ1n) is 5.37. The maximum Gasteiger partial charge on any atom is 0.307 e. The monoisotopic (exact) mass is 239 g/mol. The standard InChI is InChI=1S/C12H17NO4/c1-17-11-6-8(3-5-10(11)14)2-4-9(7-13)12(15)16/h3,5-6,9,14H,2,4,7,13H2,1H3,(H,15,16). The van der Waals surface area contributed by atoms with Crippen LogP contribution >= 0.6 is 0 Å². The van der Waals surface area contributed by atoms with E-state index in [0.29, 0.717) is 18.6 Å². The van der Waals surface area contributed by atoms with E-state index in [2.05, 4.69) is 0 Å². The van der Waals surface area contributed by atoms with Crippen LogP contribution in [-0.4, -0.2) is 29.8 Å². The van der Waals surface area contributed by atoms with E-state index in [-0.39, 0.29) is 12.3 Å². The Bertz CT molecular complexity index is 392.